The first-order valence-corrected chi connectivity index (χ1v) is 6.44. The molecule has 0 aromatic heterocycles. The van der Waals surface area contributed by atoms with Crippen molar-refractivity contribution in [2.45, 2.75) is 26.3 Å². The van der Waals surface area contributed by atoms with E-state index in [1.54, 1.807) is 31.2 Å². The minimum absolute atomic E-state index is 0.215. The van der Waals surface area contributed by atoms with Gasteiger partial charge in [0.05, 0.1) is 25.7 Å². The van der Waals surface area contributed by atoms with E-state index >= 15 is 0 Å². The highest BCUT2D eigenvalue weighted by molar-refractivity contribution is 5.71. The van der Waals surface area contributed by atoms with Crippen molar-refractivity contribution in [3.05, 3.63) is 29.8 Å². The minimum atomic E-state index is -0.999. The Labute approximate surface area is 117 Å². The Bertz CT molecular complexity index is 443. The molecule has 0 aliphatic carbocycles. The lowest BCUT2D eigenvalue weighted by Crippen LogP contribution is -2.30. The van der Waals surface area contributed by atoms with Crippen LogP contribution in [0, 0.1) is 0 Å². The highest BCUT2D eigenvalue weighted by Gasteiger charge is 2.18. The fourth-order valence-corrected chi connectivity index (χ4v) is 1.70. The van der Waals surface area contributed by atoms with E-state index in [0.29, 0.717) is 17.9 Å². The zero-order chi connectivity index (χ0) is 15.0. The zero-order valence-electron chi connectivity index (χ0n) is 11.6. The number of ether oxygens (including phenoxy) is 2. The van der Waals surface area contributed by atoms with Crippen molar-refractivity contribution in [2.75, 3.05) is 13.2 Å². The fraction of sp³-hybridized carbons (Fsp3) is 0.429. The second kappa shape index (κ2) is 8.04. The molecule has 1 amide bonds. The molecule has 0 unspecified atom stereocenters. The van der Waals surface area contributed by atoms with Gasteiger partial charge in [-0.2, -0.15) is 0 Å². The number of aliphatic carboxylic acids is 1. The molecule has 1 rings (SSSR count). The molecule has 0 saturated carbocycles. The third-order valence-electron chi connectivity index (χ3n) is 2.54. The average Bonchev–Trinajstić information content (AvgIpc) is 2.39. The Kier molecular flexibility index (Phi) is 6.36. The van der Waals surface area contributed by atoms with Crippen LogP contribution in [0.15, 0.2) is 24.3 Å². The van der Waals surface area contributed by atoms with E-state index in [1.807, 2.05) is 6.92 Å². The smallest absolute Gasteiger partial charge is 0.407 e. The number of rotatable bonds is 7. The summed E-state index contributed by atoms with van der Waals surface area (Å²) in [7, 11) is 0. The normalized spacial score (nSPS) is 11.5. The first-order valence-electron chi connectivity index (χ1n) is 6.44. The van der Waals surface area contributed by atoms with Crippen LogP contribution in [-0.2, 0) is 9.53 Å². The van der Waals surface area contributed by atoms with E-state index in [-0.39, 0.29) is 13.0 Å². The van der Waals surface area contributed by atoms with Gasteiger partial charge in [0, 0.05) is 0 Å². The number of hydrogen-bond donors (Lipinski definition) is 2. The van der Waals surface area contributed by atoms with E-state index in [4.69, 9.17) is 14.6 Å². The van der Waals surface area contributed by atoms with Crippen LogP contribution in [0.2, 0.25) is 0 Å². The van der Waals surface area contributed by atoms with Gasteiger partial charge in [0.1, 0.15) is 5.75 Å². The standard InChI is InChI=1S/C14H19NO5/c1-3-19-11-7-5-10(6-8-11)12(9-13(16)17)15-14(18)20-4-2/h5-8,12H,3-4,9H2,1-2H3,(H,15,18)(H,16,17)/t12-/m0/s1. The number of carboxylic acid groups (broad SMARTS) is 1. The molecule has 0 heterocycles. The Balaban J connectivity index is 2.80. The third kappa shape index (κ3) is 5.17. The third-order valence-corrected chi connectivity index (χ3v) is 2.54. The number of alkyl carbamates (subject to hydrolysis) is 1. The van der Waals surface area contributed by atoms with Crippen LogP contribution >= 0.6 is 0 Å². The molecule has 0 spiro atoms. The Morgan fingerprint density at radius 3 is 2.35 bits per heavy atom. The van der Waals surface area contributed by atoms with Crippen LogP contribution in [-0.4, -0.2) is 30.4 Å². The van der Waals surface area contributed by atoms with Gasteiger partial charge >= 0.3 is 12.1 Å². The molecule has 0 saturated heterocycles. The van der Waals surface area contributed by atoms with Crippen LogP contribution in [0.4, 0.5) is 4.79 Å². The highest BCUT2D eigenvalue weighted by Crippen LogP contribution is 2.20. The highest BCUT2D eigenvalue weighted by atomic mass is 16.5. The number of carbonyl (C=O) groups excluding carboxylic acids is 1. The van der Waals surface area contributed by atoms with Gasteiger partial charge in [-0.05, 0) is 31.5 Å². The minimum Gasteiger partial charge on any atom is -0.494 e. The summed E-state index contributed by atoms with van der Waals surface area (Å²) in [6.45, 7) is 4.35. The molecule has 6 heteroatoms. The predicted molar refractivity (Wildman–Crippen MR) is 72.8 cm³/mol. The van der Waals surface area contributed by atoms with E-state index < -0.39 is 18.1 Å². The van der Waals surface area contributed by atoms with Gasteiger partial charge in [0.15, 0.2) is 0 Å². The molecule has 0 bridgehead atoms. The Morgan fingerprint density at radius 1 is 1.20 bits per heavy atom. The van der Waals surface area contributed by atoms with Gasteiger partial charge in [0.2, 0.25) is 0 Å². The molecule has 6 nitrogen and oxygen atoms in total. The van der Waals surface area contributed by atoms with Crippen molar-refractivity contribution < 1.29 is 24.2 Å². The maximum atomic E-state index is 11.4. The van der Waals surface area contributed by atoms with E-state index in [0.717, 1.165) is 0 Å². The number of carboxylic acids is 1. The molecular formula is C14H19NO5. The molecule has 0 fully saturated rings. The first kappa shape index (κ1) is 15.8. The summed E-state index contributed by atoms with van der Waals surface area (Å²) in [5.74, 6) is -0.304. The maximum absolute atomic E-state index is 11.4. The van der Waals surface area contributed by atoms with Crippen molar-refractivity contribution in [1.82, 2.24) is 5.32 Å². The molecule has 20 heavy (non-hydrogen) atoms. The summed E-state index contributed by atoms with van der Waals surface area (Å²) in [6, 6.07) is 6.29. The molecule has 2 N–H and O–H groups in total. The zero-order valence-corrected chi connectivity index (χ0v) is 11.6. The van der Waals surface area contributed by atoms with Gasteiger partial charge in [-0.1, -0.05) is 12.1 Å². The number of hydrogen-bond acceptors (Lipinski definition) is 4. The van der Waals surface area contributed by atoms with Gasteiger partial charge in [-0.25, -0.2) is 4.79 Å². The molecule has 0 aliphatic heterocycles. The topological polar surface area (TPSA) is 84.9 Å². The van der Waals surface area contributed by atoms with E-state index in [9.17, 15) is 9.59 Å². The van der Waals surface area contributed by atoms with E-state index in [2.05, 4.69) is 5.32 Å². The lowest BCUT2D eigenvalue weighted by Gasteiger charge is -2.17. The average molecular weight is 281 g/mol. The lowest BCUT2D eigenvalue weighted by atomic mass is 10.0. The molecule has 1 aromatic carbocycles. The summed E-state index contributed by atoms with van der Waals surface area (Å²) in [4.78, 5) is 22.3. The lowest BCUT2D eigenvalue weighted by molar-refractivity contribution is -0.137. The second-order valence-corrected chi connectivity index (χ2v) is 4.02. The number of carbonyl (C=O) groups is 2. The molecule has 0 aliphatic rings. The van der Waals surface area contributed by atoms with Crippen LogP contribution in [0.25, 0.3) is 0 Å². The summed E-state index contributed by atoms with van der Waals surface area (Å²) in [5.41, 5.74) is 0.684. The van der Waals surface area contributed by atoms with Crippen molar-refractivity contribution in [3.8, 4) is 5.75 Å². The Morgan fingerprint density at radius 2 is 1.85 bits per heavy atom. The van der Waals surface area contributed by atoms with Crippen molar-refractivity contribution in [2.24, 2.45) is 0 Å². The molecule has 1 atom stereocenters. The van der Waals surface area contributed by atoms with E-state index in [1.165, 1.54) is 0 Å². The van der Waals surface area contributed by atoms with Crippen molar-refractivity contribution in [1.29, 1.82) is 0 Å². The van der Waals surface area contributed by atoms with Gasteiger partial charge < -0.3 is 19.9 Å². The number of nitrogens with one attached hydrogen (secondary N) is 1. The molecule has 110 valence electrons. The van der Waals surface area contributed by atoms with Crippen molar-refractivity contribution in [3.63, 3.8) is 0 Å². The van der Waals surface area contributed by atoms with Gasteiger partial charge in [-0.15, -0.1) is 0 Å². The van der Waals surface area contributed by atoms with Crippen molar-refractivity contribution >= 4 is 12.1 Å². The summed E-state index contributed by atoms with van der Waals surface area (Å²) >= 11 is 0. The SMILES string of the molecule is CCOC(=O)N[C@@H](CC(=O)O)c1ccc(OCC)cc1. The van der Waals surface area contributed by atoms with Gasteiger partial charge in [-0.3, -0.25) is 4.79 Å². The number of amides is 1. The molecule has 0 radical (unpaired) electrons. The van der Waals surface area contributed by atoms with Crippen LogP contribution in [0.3, 0.4) is 0 Å². The molecule has 1 aromatic rings. The maximum Gasteiger partial charge on any atom is 0.407 e. The van der Waals surface area contributed by atoms with Crippen LogP contribution in [0.5, 0.6) is 5.75 Å². The monoisotopic (exact) mass is 281 g/mol. The fourth-order valence-electron chi connectivity index (χ4n) is 1.70. The summed E-state index contributed by atoms with van der Waals surface area (Å²) in [6.07, 6.45) is -0.847. The second-order valence-electron chi connectivity index (χ2n) is 4.02. The summed E-state index contributed by atoms with van der Waals surface area (Å²) in [5, 5.41) is 11.4. The van der Waals surface area contributed by atoms with Gasteiger partial charge in [0.25, 0.3) is 0 Å². The summed E-state index contributed by atoms with van der Waals surface area (Å²) < 4.78 is 10.1. The first-order chi connectivity index (χ1) is 9.56. The quantitative estimate of drug-likeness (QED) is 0.801. The van der Waals surface area contributed by atoms with Crippen LogP contribution in [0.1, 0.15) is 31.9 Å². The van der Waals surface area contributed by atoms with Crippen LogP contribution < -0.4 is 10.1 Å². The number of benzene rings is 1. The Hall–Kier alpha value is -2.24. The largest absolute Gasteiger partial charge is 0.494 e. The predicted octanol–water partition coefficient (Wildman–Crippen LogP) is 2.35. The molecular weight excluding hydrogens is 262 g/mol.